The third-order valence-electron chi connectivity index (χ3n) is 4.63. The van der Waals surface area contributed by atoms with E-state index in [1.165, 1.54) is 11.0 Å². The van der Waals surface area contributed by atoms with Gasteiger partial charge in [0.15, 0.2) is 0 Å². The average molecular weight is 426 g/mol. The van der Waals surface area contributed by atoms with Crippen molar-refractivity contribution < 1.29 is 22.8 Å². The fraction of sp³-hybridized carbons (Fsp3) is 0.300. The summed E-state index contributed by atoms with van der Waals surface area (Å²) in [6.07, 6.45) is -4.66. The first-order valence-corrected chi connectivity index (χ1v) is 9.35. The molecule has 0 aliphatic carbocycles. The molecule has 2 aromatic rings. The van der Waals surface area contributed by atoms with Gasteiger partial charge in [-0.3, -0.25) is 14.5 Å². The summed E-state index contributed by atoms with van der Waals surface area (Å²) in [6.45, 7) is 2.70. The molecule has 0 unspecified atom stereocenters. The number of benzene rings is 2. The van der Waals surface area contributed by atoms with Gasteiger partial charge in [0.2, 0.25) is 0 Å². The van der Waals surface area contributed by atoms with Crippen LogP contribution < -0.4 is 5.32 Å². The number of carbonyl (C=O) groups excluding carboxylic acids is 2. The molecule has 0 aromatic heterocycles. The van der Waals surface area contributed by atoms with Crippen LogP contribution in [0.25, 0.3) is 0 Å². The van der Waals surface area contributed by atoms with Crippen LogP contribution in [0.2, 0.25) is 5.02 Å². The molecule has 154 valence electrons. The van der Waals surface area contributed by atoms with E-state index < -0.39 is 28.6 Å². The maximum Gasteiger partial charge on any atom is 0.417 e. The minimum Gasteiger partial charge on any atom is -0.332 e. The van der Waals surface area contributed by atoms with Crippen molar-refractivity contribution in [3.05, 3.63) is 64.7 Å². The average Bonchev–Trinajstić information content (AvgIpc) is 2.69. The van der Waals surface area contributed by atoms with Gasteiger partial charge in [-0.1, -0.05) is 41.9 Å². The summed E-state index contributed by atoms with van der Waals surface area (Å²) < 4.78 is 38.8. The zero-order valence-corrected chi connectivity index (χ0v) is 16.1. The van der Waals surface area contributed by atoms with E-state index in [1.807, 2.05) is 30.3 Å². The number of nitrogens with zero attached hydrogens (tertiary/aromatic N) is 2. The van der Waals surface area contributed by atoms with E-state index in [2.05, 4.69) is 10.2 Å². The van der Waals surface area contributed by atoms with Crippen molar-refractivity contribution in [1.29, 1.82) is 0 Å². The molecular weight excluding hydrogens is 407 g/mol. The fourth-order valence-corrected chi connectivity index (χ4v) is 3.32. The van der Waals surface area contributed by atoms with E-state index in [9.17, 15) is 22.8 Å². The lowest BCUT2D eigenvalue weighted by molar-refractivity contribution is -0.144. The SMILES string of the molecule is O=C(Nc1ccc(Cl)c(C(F)(F)F)c1)C(=O)N1CCN(Cc2ccccc2)CC1. The summed E-state index contributed by atoms with van der Waals surface area (Å²) in [4.78, 5) is 28.1. The van der Waals surface area contributed by atoms with Crippen LogP contribution in [-0.2, 0) is 22.3 Å². The summed E-state index contributed by atoms with van der Waals surface area (Å²) in [5.41, 5.74) is -0.0463. The highest BCUT2D eigenvalue weighted by atomic mass is 35.5. The first kappa shape index (κ1) is 21.1. The van der Waals surface area contributed by atoms with Gasteiger partial charge in [0.1, 0.15) is 0 Å². The van der Waals surface area contributed by atoms with E-state index >= 15 is 0 Å². The van der Waals surface area contributed by atoms with Crippen LogP contribution in [0.1, 0.15) is 11.1 Å². The molecular formula is C20H19ClF3N3O2. The zero-order valence-electron chi connectivity index (χ0n) is 15.4. The highest BCUT2D eigenvalue weighted by Crippen LogP contribution is 2.36. The van der Waals surface area contributed by atoms with Crippen molar-refractivity contribution in [3.8, 4) is 0 Å². The standard InChI is InChI=1S/C20H19ClF3N3O2/c21-17-7-6-15(12-16(17)20(22,23)24)25-18(28)19(29)27-10-8-26(9-11-27)13-14-4-2-1-3-5-14/h1-7,12H,8-11,13H2,(H,25,28). The Balaban J connectivity index is 1.55. The summed E-state index contributed by atoms with van der Waals surface area (Å²) in [5, 5.41) is 1.75. The Morgan fingerprint density at radius 1 is 1.00 bits per heavy atom. The Kier molecular flexibility index (Phi) is 6.44. The lowest BCUT2D eigenvalue weighted by atomic mass is 10.2. The molecule has 5 nitrogen and oxygen atoms in total. The van der Waals surface area contributed by atoms with Crippen LogP contribution in [-0.4, -0.2) is 47.8 Å². The second kappa shape index (κ2) is 8.84. The van der Waals surface area contributed by atoms with Crippen LogP contribution in [0.15, 0.2) is 48.5 Å². The predicted molar refractivity (Wildman–Crippen MR) is 103 cm³/mol. The zero-order chi connectivity index (χ0) is 21.0. The molecule has 0 bridgehead atoms. The Morgan fingerprint density at radius 3 is 2.28 bits per heavy atom. The van der Waals surface area contributed by atoms with Crippen LogP contribution in [0.5, 0.6) is 0 Å². The van der Waals surface area contributed by atoms with Crippen molar-refractivity contribution in [2.24, 2.45) is 0 Å². The third kappa shape index (κ3) is 5.48. The summed E-state index contributed by atoms with van der Waals surface area (Å²) in [7, 11) is 0. The number of halogens is 4. The monoisotopic (exact) mass is 425 g/mol. The molecule has 1 N–H and O–H groups in total. The molecule has 0 spiro atoms. The third-order valence-corrected chi connectivity index (χ3v) is 4.96. The van der Waals surface area contributed by atoms with Crippen molar-refractivity contribution in [3.63, 3.8) is 0 Å². The molecule has 0 radical (unpaired) electrons. The van der Waals surface area contributed by atoms with Crippen molar-refractivity contribution >= 4 is 29.1 Å². The van der Waals surface area contributed by atoms with Gasteiger partial charge in [-0.25, -0.2) is 0 Å². The van der Waals surface area contributed by atoms with E-state index in [1.54, 1.807) is 0 Å². The predicted octanol–water partition coefficient (Wildman–Crippen LogP) is 3.64. The maximum atomic E-state index is 12.9. The molecule has 0 saturated carbocycles. The first-order valence-electron chi connectivity index (χ1n) is 8.97. The molecule has 1 fully saturated rings. The van der Waals surface area contributed by atoms with Gasteiger partial charge in [-0.05, 0) is 23.8 Å². The molecule has 0 atom stereocenters. The molecule has 1 saturated heterocycles. The van der Waals surface area contributed by atoms with Gasteiger partial charge in [-0.2, -0.15) is 13.2 Å². The first-order chi connectivity index (χ1) is 13.7. The highest BCUT2D eigenvalue weighted by molar-refractivity contribution is 6.39. The van der Waals surface area contributed by atoms with Crippen LogP contribution >= 0.6 is 11.6 Å². The van der Waals surface area contributed by atoms with Gasteiger partial charge in [0, 0.05) is 38.4 Å². The Hall–Kier alpha value is -2.58. The number of hydrogen-bond acceptors (Lipinski definition) is 3. The second-order valence-corrected chi connectivity index (χ2v) is 7.11. The molecule has 1 aliphatic rings. The normalized spacial score (nSPS) is 15.2. The Labute approximate surface area is 171 Å². The molecule has 9 heteroatoms. The minimum absolute atomic E-state index is 0.136. The maximum absolute atomic E-state index is 12.9. The largest absolute Gasteiger partial charge is 0.417 e. The van der Waals surface area contributed by atoms with E-state index in [-0.39, 0.29) is 5.69 Å². The van der Waals surface area contributed by atoms with Gasteiger partial charge in [-0.15, -0.1) is 0 Å². The van der Waals surface area contributed by atoms with Gasteiger partial charge in [0.05, 0.1) is 10.6 Å². The van der Waals surface area contributed by atoms with Crippen molar-refractivity contribution in [2.45, 2.75) is 12.7 Å². The quantitative estimate of drug-likeness (QED) is 0.764. The van der Waals surface area contributed by atoms with Gasteiger partial charge < -0.3 is 10.2 Å². The Bertz CT molecular complexity index is 882. The summed E-state index contributed by atoms with van der Waals surface area (Å²) in [6, 6.07) is 12.9. The second-order valence-electron chi connectivity index (χ2n) is 6.70. The number of nitrogens with one attached hydrogen (secondary N) is 1. The number of amides is 2. The van der Waals surface area contributed by atoms with Gasteiger partial charge >= 0.3 is 18.0 Å². The van der Waals surface area contributed by atoms with E-state index in [0.717, 1.165) is 18.2 Å². The molecule has 1 heterocycles. The number of alkyl halides is 3. The van der Waals surface area contributed by atoms with Crippen LogP contribution in [0.4, 0.5) is 18.9 Å². The van der Waals surface area contributed by atoms with Crippen molar-refractivity contribution in [2.75, 3.05) is 31.5 Å². The van der Waals surface area contributed by atoms with E-state index in [4.69, 9.17) is 11.6 Å². The number of rotatable bonds is 3. The van der Waals surface area contributed by atoms with Crippen LogP contribution in [0.3, 0.4) is 0 Å². The van der Waals surface area contributed by atoms with Crippen molar-refractivity contribution in [1.82, 2.24) is 9.80 Å². The molecule has 3 rings (SSSR count). The highest BCUT2D eigenvalue weighted by Gasteiger charge is 2.34. The molecule has 2 aromatic carbocycles. The summed E-state index contributed by atoms with van der Waals surface area (Å²) in [5.74, 6) is -1.75. The smallest absolute Gasteiger partial charge is 0.332 e. The number of piperazine rings is 1. The lowest BCUT2D eigenvalue weighted by Crippen LogP contribution is -2.51. The molecule has 1 aliphatic heterocycles. The lowest BCUT2D eigenvalue weighted by Gasteiger charge is -2.34. The summed E-state index contributed by atoms with van der Waals surface area (Å²) >= 11 is 5.56. The number of hydrogen-bond donors (Lipinski definition) is 1. The molecule has 29 heavy (non-hydrogen) atoms. The minimum atomic E-state index is -4.66. The number of anilines is 1. The number of carbonyl (C=O) groups is 2. The Morgan fingerprint density at radius 2 is 1.66 bits per heavy atom. The molecule has 2 amide bonds. The topological polar surface area (TPSA) is 52.7 Å². The van der Waals surface area contributed by atoms with Gasteiger partial charge in [0.25, 0.3) is 0 Å². The van der Waals surface area contributed by atoms with E-state index in [0.29, 0.717) is 32.2 Å². The fourth-order valence-electron chi connectivity index (χ4n) is 3.10. The van der Waals surface area contributed by atoms with Crippen LogP contribution in [0, 0.1) is 0 Å².